The van der Waals surface area contributed by atoms with Crippen LogP contribution in [0, 0.1) is 0 Å². The van der Waals surface area contributed by atoms with Gasteiger partial charge in [0.15, 0.2) is 0 Å². The van der Waals surface area contributed by atoms with E-state index in [1.807, 2.05) is 30.5 Å². The van der Waals surface area contributed by atoms with Crippen LogP contribution in [0.3, 0.4) is 0 Å². The molecule has 0 atom stereocenters. The van der Waals surface area contributed by atoms with Crippen molar-refractivity contribution < 1.29 is 0 Å². The summed E-state index contributed by atoms with van der Waals surface area (Å²) < 4.78 is 0. The number of pyridine rings is 1. The molecule has 1 aromatic heterocycles. The molecule has 162 valence electrons. The average Bonchev–Trinajstić information content (AvgIpc) is 2.93. The molecule has 1 nitrogen and oxygen atoms in total. The second-order valence-corrected chi connectivity index (χ2v) is 8.16. The molecule has 0 fully saturated rings. The highest BCUT2D eigenvalue weighted by molar-refractivity contribution is 5.74. The normalized spacial score (nSPS) is 11.3. The maximum Gasteiger partial charge on any atom is 0.0630 e. The van der Waals surface area contributed by atoms with Gasteiger partial charge in [-0.25, -0.2) is 0 Å². The number of hydrogen-bond acceptors (Lipinski definition) is 1. The maximum absolute atomic E-state index is 4.59. The van der Waals surface area contributed by atoms with Gasteiger partial charge in [-0.3, -0.25) is 4.98 Å². The topological polar surface area (TPSA) is 12.9 Å². The Hall–Kier alpha value is -4.49. The highest BCUT2D eigenvalue weighted by Gasteiger charge is 1.98. The largest absolute Gasteiger partial charge is 0.256 e. The van der Waals surface area contributed by atoms with Crippen molar-refractivity contribution >= 4 is 24.3 Å². The molecule has 1 heteroatoms. The smallest absolute Gasteiger partial charge is 0.0630 e. The number of rotatable bonds is 6. The Morgan fingerprint density at radius 2 is 0.765 bits per heavy atom. The molecule has 0 aliphatic carbocycles. The number of nitrogens with zero attached hydrogens (tertiary/aromatic N) is 1. The summed E-state index contributed by atoms with van der Waals surface area (Å²) in [5.41, 5.74) is 9.26. The van der Waals surface area contributed by atoms with E-state index in [-0.39, 0.29) is 0 Å². The molecule has 34 heavy (non-hydrogen) atoms. The second-order valence-electron chi connectivity index (χ2n) is 8.16. The van der Waals surface area contributed by atoms with Gasteiger partial charge in [0.2, 0.25) is 0 Å². The van der Waals surface area contributed by atoms with E-state index in [4.69, 9.17) is 0 Å². The van der Waals surface area contributed by atoms with Crippen LogP contribution in [-0.4, -0.2) is 4.98 Å². The van der Waals surface area contributed by atoms with E-state index in [1.54, 1.807) is 0 Å². The van der Waals surface area contributed by atoms with Crippen molar-refractivity contribution in [3.8, 4) is 22.3 Å². The number of benzene rings is 4. The molecule has 0 spiro atoms. The van der Waals surface area contributed by atoms with Gasteiger partial charge in [-0.2, -0.15) is 0 Å². The van der Waals surface area contributed by atoms with E-state index < -0.39 is 0 Å². The molecule has 5 rings (SSSR count). The molecule has 0 amide bonds. The standard InChI is InChI=1S/C33H25N/c1-3-7-29(8-4-1)31-19-13-26(14-20-31)11-12-28-18-24-33(34-25-28)23-17-27-15-21-32(22-16-27)30-9-5-2-6-10-30/h1-25H/b12-11?,23-17+. The third-order valence-electron chi connectivity index (χ3n) is 5.76. The highest BCUT2D eigenvalue weighted by Crippen LogP contribution is 2.21. The van der Waals surface area contributed by atoms with Crippen molar-refractivity contribution in [1.82, 2.24) is 4.98 Å². The Labute approximate surface area is 201 Å². The van der Waals surface area contributed by atoms with Crippen molar-refractivity contribution in [2.45, 2.75) is 0 Å². The summed E-state index contributed by atoms with van der Waals surface area (Å²) in [4.78, 5) is 4.59. The molecular formula is C33H25N. The van der Waals surface area contributed by atoms with Crippen molar-refractivity contribution in [2.75, 3.05) is 0 Å². The van der Waals surface area contributed by atoms with Gasteiger partial charge in [-0.15, -0.1) is 0 Å². The molecule has 0 radical (unpaired) electrons. The monoisotopic (exact) mass is 435 g/mol. The maximum atomic E-state index is 4.59. The molecule has 4 aromatic carbocycles. The second kappa shape index (κ2) is 10.4. The summed E-state index contributed by atoms with van der Waals surface area (Å²) in [6.45, 7) is 0. The zero-order valence-electron chi connectivity index (χ0n) is 18.9. The van der Waals surface area contributed by atoms with Gasteiger partial charge in [-0.05, 0) is 51.1 Å². The summed E-state index contributed by atoms with van der Waals surface area (Å²) in [5, 5.41) is 0. The molecule has 0 aliphatic heterocycles. The van der Waals surface area contributed by atoms with E-state index in [0.29, 0.717) is 0 Å². The van der Waals surface area contributed by atoms with Crippen molar-refractivity contribution in [3.05, 3.63) is 150 Å². The first kappa shape index (κ1) is 21.4. The summed E-state index contributed by atoms with van der Waals surface area (Å²) in [6.07, 6.45) is 10.3. The van der Waals surface area contributed by atoms with Crippen LogP contribution in [-0.2, 0) is 0 Å². The van der Waals surface area contributed by atoms with Gasteiger partial charge in [0, 0.05) is 6.20 Å². The van der Waals surface area contributed by atoms with E-state index >= 15 is 0 Å². The van der Waals surface area contributed by atoms with Gasteiger partial charge < -0.3 is 0 Å². The molecule has 0 aliphatic rings. The first-order chi connectivity index (χ1) is 16.8. The minimum absolute atomic E-state index is 0.941. The lowest BCUT2D eigenvalue weighted by molar-refractivity contribution is 1.29. The van der Waals surface area contributed by atoms with E-state index in [0.717, 1.165) is 16.8 Å². The van der Waals surface area contributed by atoms with Gasteiger partial charge in [0.05, 0.1) is 5.69 Å². The fourth-order valence-corrected chi connectivity index (χ4v) is 3.82. The fourth-order valence-electron chi connectivity index (χ4n) is 3.82. The first-order valence-electron chi connectivity index (χ1n) is 11.5. The Morgan fingerprint density at radius 3 is 1.24 bits per heavy atom. The fraction of sp³-hybridized carbons (Fsp3) is 0. The van der Waals surface area contributed by atoms with Gasteiger partial charge in [0.25, 0.3) is 0 Å². The number of hydrogen-bond donors (Lipinski definition) is 0. The van der Waals surface area contributed by atoms with Gasteiger partial charge in [0.1, 0.15) is 0 Å². The van der Waals surface area contributed by atoms with Gasteiger partial charge >= 0.3 is 0 Å². The molecule has 0 bridgehead atoms. The van der Waals surface area contributed by atoms with Crippen LogP contribution in [0.25, 0.3) is 46.6 Å². The van der Waals surface area contributed by atoms with Crippen LogP contribution in [0.4, 0.5) is 0 Å². The lowest BCUT2D eigenvalue weighted by Crippen LogP contribution is -1.82. The predicted molar refractivity (Wildman–Crippen MR) is 146 cm³/mol. The van der Waals surface area contributed by atoms with E-state index in [1.165, 1.54) is 27.8 Å². The zero-order chi connectivity index (χ0) is 23.0. The summed E-state index contributed by atoms with van der Waals surface area (Å²) >= 11 is 0. The molecule has 5 aromatic rings. The highest BCUT2D eigenvalue weighted by atomic mass is 14.7. The SMILES string of the molecule is C(=Cc1ccc(/C=C/c2ccc(-c3ccccc3)cc2)nc1)c1ccc(-c2ccccc2)cc1. The third-order valence-corrected chi connectivity index (χ3v) is 5.76. The molecule has 0 saturated heterocycles. The minimum atomic E-state index is 0.941. The van der Waals surface area contributed by atoms with Crippen LogP contribution >= 0.6 is 0 Å². The van der Waals surface area contributed by atoms with Crippen LogP contribution in [0.2, 0.25) is 0 Å². The van der Waals surface area contributed by atoms with Crippen molar-refractivity contribution in [2.24, 2.45) is 0 Å². The predicted octanol–water partition coefficient (Wildman–Crippen LogP) is 8.76. The Kier molecular flexibility index (Phi) is 6.54. The quantitative estimate of drug-likeness (QED) is 0.260. The van der Waals surface area contributed by atoms with E-state index in [9.17, 15) is 0 Å². The van der Waals surface area contributed by atoms with Crippen molar-refractivity contribution in [1.29, 1.82) is 0 Å². The van der Waals surface area contributed by atoms with E-state index in [2.05, 4.69) is 126 Å². The van der Waals surface area contributed by atoms with Crippen molar-refractivity contribution in [3.63, 3.8) is 0 Å². The third kappa shape index (κ3) is 5.46. The van der Waals surface area contributed by atoms with Gasteiger partial charge in [-0.1, -0.05) is 133 Å². The Bertz CT molecular complexity index is 1270. The lowest BCUT2D eigenvalue weighted by Gasteiger charge is -2.02. The van der Waals surface area contributed by atoms with Crippen LogP contribution in [0.15, 0.2) is 128 Å². The van der Waals surface area contributed by atoms with Crippen LogP contribution in [0.1, 0.15) is 22.4 Å². The molecular weight excluding hydrogens is 410 g/mol. The van der Waals surface area contributed by atoms with Crippen LogP contribution < -0.4 is 0 Å². The number of aromatic nitrogens is 1. The summed E-state index contributed by atoms with van der Waals surface area (Å²) in [7, 11) is 0. The summed E-state index contributed by atoms with van der Waals surface area (Å²) in [6, 6.07) is 42.2. The lowest BCUT2D eigenvalue weighted by atomic mass is 10.0. The first-order valence-corrected chi connectivity index (χ1v) is 11.5. The molecule has 0 unspecified atom stereocenters. The molecule has 0 saturated carbocycles. The minimum Gasteiger partial charge on any atom is -0.256 e. The Balaban J connectivity index is 1.21. The molecule has 0 N–H and O–H groups in total. The summed E-state index contributed by atoms with van der Waals surface area (Å²) in [5.74, 6) is 0. The Morgan fingerprint density at radius 1 is 0.353 bits per heavy atom. The van der Waals surface area contributed by atoms with Crippen LogP contribution in [0.5, 0.6) is 0 Å². The zero-order valence-corrected chi connectivity index (χ0v) is 18.9. The molecule has 1 heterocycles. The average molecular weight is 436 g/mol.